The molecule has 0 bridgehead atoms. The number of carbonyl (C=O) groups is 1. The zero-order valence-electron chi connectivity index (χ0n) is 20.1. The lowest BCUT2D eigenvalue weighted by molar-refractivity contribution is 0.0954. The van der Waals surface area contributed by atoms with E-state index in [1.54, 1.807) is 0 Å². The largest absolute Gasteiger partial charge is 0.352 e. The Morgan fingerprint density at radius 3 is 2.53 bits per heavy atom. The number of rotatable bonds is 9. The number of benzene rings is 2. The van der Waals surface area contributed by atoms with Crippen LogP contribution in [-0.4, -0.2) is 27.2 Å². The van der Waals surface area contributed by atoms with Gasteiger partial charge in [-0.1, -0.05) is 53.5 Å². The Morgan fingerprint density at radius 2 is 1.82 bits per heavy atom. The molecule has 2 heterocycles. The van der Waals surface area contributed by atoms with Crippen LogP contribution in [0.5, 0.6) is 0 Å². The van der Waals surface area contributed by atoms with Gasteiger partial charge >= 0.3 is 0 Å². The molecule has 0 aliphatic heterocycles. The number of hydrogen-bond donors (Lipinski definition) is 1. The van der Waals surface area contributed by atoms with E-state index in [9.17, 15) is 4.79 Å². The summed E-state index contributed by atoms with van der Waals surface area (Å²) in [7, 11) is 0. The first-order valence-electron chi connectivity index (χ1n) is 11.9. The summed E-state index contributed by atoms with van der Waals surface area (Å²) < 4.78 is 2.91. The van der Waals surface area contributed by atoms with E-state index in [-0.39, 0.29) is 5.91 Å². The molecule has 0 atom stereocenters. The summed E-state index contributed by atoms with van der Waals surface area (Å²) in [6, 6.07) is 18.4. The number of hydrogen-bond acceptors (Lipinski definition) is 3. The van der Waals surface area contributed by atoms with Crippen molar-refractivity contribution >= 4 is 32.7 Å². The number of halogens is 1. The van der Waals surface area contributed by atoms with Gasteiger partial charge in [-0.25, -0.2) is 4.98 Å². The lowest BCUT2D eigenvalue weighted by atomic mass is 10.0. The summed E-state index contributed by atoms with van der Waals surface area (Å²) in [6.07, 6.45) is 4.27. The van der Waals surface area contributed by atoms with Gasteiger partial charge in [0.25, 0.3) is 5.91 Å². The van der Waals surface area contributed by atoms with Crippen LogP contribution in [0.15, 0.2) is 59.1 Å². The molecule has 0 saturated heterocycles. The van der Waals surface area contributed by atoms with Crippen molar-refractivity contribution in [3.63, 3.8) is 0 Å². The predicted molar refractivity (Wildman–Crippen MR) is 142 cm³/mol. The second kappa shape index (κ2) is 11.0. The number of nitrogens with zero attached hydrogens (tertiary/aromatic N) is 3. The van der Waals surface area contributed by atoms with E-state index in [2.05, 4.69) is 70.5 Å². The molecule has 0 unspecified atom stereocenters. The molecular formula is C28H31BrN4O. The van der Waals surface area contributed by atoms with Gasteiger partial charge in [0.1, 0.15) is 0 Å². The molecule has 1 N–H and O–H groups in total. The molecule has 34 heavy (non-hydrogen) atoms. The minimum absolute atomic E-state index is 0.0836. The molecule has 0 spiro atoms. The van der Waals surface area contributed by atoms with E-state index in [1.165, 1.54) is 18.4 Å². The smallest absolute Gasteiger partial charge is 0.252 e. The topological polar surface area (TPSA) is 59.8 Å². The number of amides is 1. The molecule has 4 rings (SSSR count). The maximum Gasteiger partial charge on any atom is 0.252 e. The van der Waals surface area contributed by atoms with E-state index >= 15 is 0 Å². The first-order valence-corrected chi connectivity index (χ1v) is 12.7. The molecule has 4 aromatic rings. The summed E-state index contributed by atoms with van der Waals surface area (Å²) in [5, 5.41) is 8.43. The number of unbranched alkanes of at least 4 members (excludes halogenated alkanes) is 1. The van der Waals surface area contributed by atoms with Crippen LogP contribution in [0, 0.1) is 13.8 Å². The molecule has 0 aliphatic carbocycles. The standard InChI is InChI=1S/C28H31BrN4O/c1-4-5-7-21-8-10-22(11-9-21)27-18-25(24-17-23(29)12-13-26(24)31-27)28(34)30-14-6-15-33-20(3)16-19(2)32-33/h8-13,16-18H,4-7,14-15H2,1-3H3,(H,30,34). The van der Waals surface area contributed by atoms with E-state index in [0.717, 1.165) is 57.4 Å². The first-order chi connectivity index (χ1) is 16.4. The van der Waals surface area contributed by atoms with Crippen LogP contribution in [-0.2, 0) is 13.0 Å². The Balaban J connectivity index is 1.54. The Kier molecular flexibility index (Phi) is 7.78. The van der Waals surface area contributed by atoms with Crippen molar-refractivity contribution in [3.8, 4) is 11.3 Å². The number of pyridine rings is 1. The van der Waals surface area contributed by atoms with E-state index < -0.39 is 0 Å². The van der Waals surface area contributed by atoms with Gasteiger partial charge in [0.2, 0.25) is 0 Å². The fourth-order valence-corrected chi connectivity index (χ4v) is 4.55. The number of nitrogens with one attached hydrogen (secondary N) is 1. The van der Waals surface area contributed by atoms with E-state index in [0.29, 0.717) is 12.1 Å². The molecule has 5 nitrogen and oxygen atoms in total. The first kappa shape index (κ1) is 24.1. The number of aromatic nitrogens is 3. The van der Waals surface area contributed by atoms with Crippen LogP contribution in [0.3, 0.4) is 0 Å². The highest BCUT2D eigenvalue weighted by Crippen LogP contribution is 2.27. The molecule has 0 aliphatic rings. The summed E-state index contributed by atoms with van der Waals surface area (Å²) in [5.41, 5.74) is 6.76. The third-order valence-corrected chi connectivity index (χ3v) is 6.51. The van der Waals surface area contributed by atoms with Gasteiger partial charge < -0.3 is 5.32 Å². The minimum atomic E-state index is -0.0836. The molecule has 0 radical (unpaired) electrons. The Labute approximate surface area is 209 Å². The number of carbonyl (C=O) groups excluding carboxylic acids is 1. The van der Waals surface area contributed by atoms with Crippen molar-refractivity contribution in [1.29, 1.82) is 0 Å². The third-order valence-electron chi connectivity index (χ3n) is 6.02. The fourth-order valence-electron chi connectivity index (χ4n) is 4.18. The average molecular weight is 519 g/mol. The van der Waals surface area contributed by atoms with Gasteiger partial charge in [-0.15, -0.1) is 0 Å². The Bertz CT molecular complexity index is 1290. The van der Waals surface area contributed by atoms with Crippen molar-refractivity contribution in [3.05, 3.63) is 81.6 Å². The zero-order valence-corrected chi connectivity index (χ0v) is 21.7. The van der Waals surface area contributed by atoms with Crippen LogP contribution in [0.1, 0.15) is 53.5 Å². The highest BCUT2D eigenvalue weighted by atomic mass is 79.9. The lowest BCUT2D eigenvalue weighted by Crippen LogP contribution is -2.26. The van der Waals surface area contributed by atoms with Crippen LogP contribution in [0.2, 0.25) is 0 Å². The molecule has 176 valence electrons. The zero-order chi connectivity index (χ0) is 24.1. The molecule has 2 aromatic carbocycles. The molecule has 6 heteroatoms. The van der Waals surface area contributed by atoms with Crippen LogP contribution in [0.25, 0.3) is 22.2 Å². The van der Waals surface area contributed by atoms with Gasteiger partial charge in [-0.2, -0.15) is 5.10 Å². The van der Waals surface area contributed by atoms with Crippen molar-refractivity contribution in [1.82, 2.24) is 20.1 Å². The van der Waals surface area contributed by atoms with Crippen LogP contribution >= 0.6 is 15.9 Å². The molecule has 0 fully saturated rings. The number of fused-ring (bicyclic) bond motifs is 1. The quantitative estimate of drug-likeness (QED) is 0.252. The van der Waals surface area contributed by atoms with E-state index in [4.69, 9.17) is 4.98 Å². The van der Waals surface area contributed by atoms with Gasteiger partial charge in [-0.05, 0) is 69.0 Å². The molecule has 2 aromatic heterocycles. The van der Waals surface area contributed by atoms with Gasteiger partial charge in [0.15, 0.2) is 0 Å². The van der Waals surface area contributed by atoms with Gasteiger partial charge in [0.05, 0.1) is 22.5 Å². The maximum atomic E-state index is 13.2. The third kappa shape index (κ3) is 5.73. The van der Waals surface area contributed by atoms with Crippen molar-refractivity contribution < 1.29 is 4.79 Å². The summed E-state index contributed by atoms with van der Waals surface area (Å²) >= 11 is 3.54. The molecular weight excluding hydrogens is 488 g/mol. The predicted octanol–water partition coefficient (Wildman–Crippen LogP) is 6.64. The van der Waals surface area contributed by atoms with Crippen molar-refractivity contribution in [2.45, 2.75) is 53.0 Å². The molecule has 1 amide bonds. The fraction of sp³-hybridized carbons (Fsp3) is 0.321. The summed E-state index contributed by atoms with van der Waals surface area (Å²) in [4.78, 5) is 18.1. The lowest BCUT2D eigenvalue weighted by Gasteiger charge is -2.12. The monoisotopic (exact) mass is 518 g/mol. The SMILES string of the molecule is CCCCc1ccc(-c2cc(C(=O)NCCCn3nc(C)cc3C)c3cc(Br)ccc3n2)cc1. The average Bonchev–Trinajstić information content (AvgIpc) is 3.16. The Hall–Kier alpha value is -2.99. The van der Waals surface area contributed by atoms with Crippen LogP contribution in [0.4, 0.5) is 0 Å². The molecule has 0 saturated carbocycles. The van der Waals surface area contributed by atoms with Crippen LogP contribution < -0.4 is 5.32 Å². The normalized spacial score (nSPS) is 11.2. The highest BCUT2D eigenvalue weighted by Gasteiger charge is 2.14. The second-order valence-corrected chi connectivity index (χ2v) is 9.69. The Morgan fingerprint density at radius 1 is 1.03 bits per heavy atom. The number of aryl methyl sites for hydroxylation is 4. The highest BCUT2D eigenvalue weighted by molar-refractivity contribution is 9.10. The van der Waals surface area contributed by atoms with Gasteiger partial charge in [-0.3, -0.25) is 9.48 Å². The summed E-state index contributed by atoms with van der Waals surface area (Å²) in [6.45, 7) is 7.61. The van der Waals surface area contributed by atoms with Gasteiger partial charge in [0, 0.05) is 34.2 Å². The maximum absolute atomic E-state index is 13.2. The van der Waals surface area contributed by atoms with E-state index in [1.807, 2.05) is 35.9 Å². The minimum Gasteiger partial charge on any atom is -0.352 e. The van der Waals surface area contributed by atoms with Crippen molar-refractivity contribution in [2.24, 2.45) is 0 Å². The summed E-state index contributed by atoms with van der Waals surface area (Å²) in [5.74, 6) is -0.0836. The second-order valence-electron chi connectivity index (χ2n) is 8.78. The van der Waals surface area contributed by atoms with Crippen molar-refractivity contribution in [2.75, 3.05) is 6.54 Å².